The first-order valence-electron chi connectivity index (χ1n) is 12.0. The van der Waals surface area contributed by atoms with E-state index in [1.807, 2.05) is 13.0 Å². The summed E-state index contributed by atoms with van der Waals surface area (Å²) in [4.78, 5) is 2.43. The molecule has 1 saturated heterocycles. The first-order chi connectivity index (χ1) is 14.2. The summed E-state index contributed by atoms with van der Waals surface area (Å²) in [5, 5.41) is 10.4. The van der Waals surface area contributed by atoms with Crippen LogP contribution in [0.15, 0.2) is 18.2 Å². The van der Waals surface area contributed by atoms with Crippen LogP contribution in [0.2, 0.25) is 0 Å². The van der Waals surface area contributed by atoms with E-state index in [4.69, 9.17) is 9.47 Å². The van der Waals surface area contributed by atoms with Crippen LogP contribution in [0.1, 0.15) is 77.7 Å². The van der Waals surface area contributed by atoms with Gasteiger partial charge in [-0.25, -0.2) is 0 Å². The predicted octanol–water partition coefficient (Wildman–Crippen LogP) is 5.46. The van der Waals surface area contributed by atoms with Crippen molar-refractivity contribution in [3.05, 3.63) is 23.8 Å². The number of aliphatic hydroxyl groups is 1. The molecule has 1 aliphatic heterocycles. The molecule has 0 saturated carbocycles. The SMILES string of the molecule is CCCCCCCCCOc1ccc(CC2CN(CC)CCC2O)cc1OCC. The Kier molecular flexibility index (Phi) is 11.5. The summed E-state index contributed by atoms with van der Waals surface area (Å²) < 4.78 is 11.9. The van der Waals surface area contributed by atoms with E-state index in [0.717, 1.165) is 57.0 Å². The fourth-order valence-electron chi connectivity index (χ4n) is 4.19. The number of benzene rings is 1. The number of aliphatic hydroxyl groups excluding tert-OH is 1. The minimum absolute atomic E-state index is 0.207. The van der Waals surface area contributed by atoms with Gasteiger partial charge in [-0.3, -0.25) is 0 Å². The van der Waals surface area contributed by atoms with Gasteiger partial charge >= 0.3 is 0 Å². The number of hydrogen-bond acceptors (Lipinski definition) is 4. The average Bonchev–Trinajstić information content (AvgIpc) is 2.73. The Morgan fingerprint density at radius 3 is 2.45 bits per heavy atom. The van der Waals surface area contributed by atoms with E-state index in [1.165, 1.54) is 44.1 Å². The highest BCUT2D eigenvalue weighted by Crippen LogP contribution is 2.31. The van der Waals surface area contributed by atoms with E-state index in [9.17, 15) is 5.11 Å². The smallest absolute Gasteiger partial charge is 0.161 e. The highest BCUT2D eigenvalue weighted by molar-refractivity contribution is 5.43. The summed E-state index contributed by atoms with van der Waals surface area (Å²) >= 11 is 0. The summed E-state index contributed by atoms with van der Waals surface area (Å²) in [6.07, 6.45) is 10.5. The van der Waals surface area contributed by atoms with E-state index >= 15 is 0 Å². The Labute approximate surface area is 178 Å². The molecule has 2 rings (SSSR count). The van der Waals surface area contributed by atoms with Crippen molar-refractivity contribution in [1.29, 1.82) is 0 Å². The van der Waals surface area contributed by atoms with Crippen LogP contribution in [0.5, 0.6) is 11.5 Å². The quantitative estimate of drug-likeness (QED) is 0.417. The Balaban J connectivity index is 1.84. The van der Waals surface area contributed by atoms with E-state index in [-0.39, 0.29) is 12.0 Å². The van der Waals surface area contributed by atoms with Gasteiger partial charge in [-0.15, -0.1) is 0 Å². The van der Waals surface area contributed by atoms with E-state index in [2.05, 4.69) is 30.9 Å². The van der Waals surface area contributed by atoms with Crippen molar-refractivity contribution in [2.75, 3.05) is 32.8 Å². The number of unbranched alkanes of at least 4 members (excludes halogenated alkanes) is 6. The highest BCUT2D eigenvalue weighted by atomic mass is 16.5. The normalized spacial score (nSPS) is 20.0. The molecule has 0 aliphatic carbocycles. The van der Waals surface area contributed by atoms with Crippen LogP contribution in [0.4, 0.5) is 0 Å². The zero-order chi connectivity index (χ0) is 20.9. The maximum absolute atomic E-state index is 10.4. The van der Waals surface area contributed by atoms with Crippen LogP contribution in [-0.2, 0) is 6.42 Å². The van der Waals surface area contributed by atoms with Gasteiger partial charge in [0.25, 0.3) is 0 Å². The van der Waals surface area contributed by atoms with Crippen molar-refractivity contribution in [2.45, 2.75) is 84.7 Å². The minimum atomic E-state index is -0.207. The van der Waals surface area contributed by atoms with Crippen molar-refractivity contribution >= 4 is 0 Å². The molecule has 0 amide bonds. The van der Waals surface area contributed by atoms with E-state index in [1.54, 1.807) is 0 Å². The largest absolute Gasteiger partial charge is 0.490 e. The van der Waals surface area contributed by atoms with E-state index in [0.29, 0.717) is 6.61 Å². The van der Waals surface area contributed by atoms with Gasteiger partial charge in [0.1, 0.15) is 0 Å². The first-order valence-corrected chi connectivity index (χ1v) is 12.0. The molecule has 1 N–H and O–H groups in total. The van der Waals surface area contributed by atoms with Crippen LogP contribution in [-0.4, -0.2) is 49.0 Å². The fourth-order valence-corrected chi connectivity index (χ4v) is 4.19. The number of likely N-dealkylation sites (tertiary alicyclic amines) is 1. The highest BCUT2D eigenvalue weighted by Gasteiger charge is 2.27. The topological polar surface area (TPSA) is 41.9 Å². The molecule has 166 valence electrons. The third-order valence-electron chi connectivity index (χ3n) is 6.04. The Bertz CT molecular complexity index is 563. The summed E-state index contributed by atoms with van der Waals surface area (Å²) in [6.45, 7) is 10.9. The van der Waals surface area contributed by atoms with Crippen LogP contribution in [0, 0.1) is 5.92 Å². The monoisotopic (exact) mass is 405 g/mol. The number of nitrogens with zero attached hydrogens (tertiary/aromatic N) is 1. The van der Waals surface area contributed by atoms with Gasteiger partial charge in [0, 0.05) is 19.0 Å². The van der Waals surface area contributed by atoms with Crippen LogP contribution in [0.3, 0.4) is 0 Å². The molecule has 4 heteroatoms. The molecule has 0 radical (unpaired) electrons. The molecule has 4 nitrogen and oxygen atoms in total. The molecular formula is C25H43NO3. The second-order valence-corrected chi connectivity index (χ2v) is 8.40. The number of hydrogen-bond donors (Lipinski definition) is 1. The summed E-state index contributed by atoms with van der Waals surface area (Å²) in [5.74, 6) is 1.98. The second-order valence-electron chi connectivity index (χ2n) is 8.40. The van der Waals surface area contributed by atoms with Crippen molar-refractivity contribution in [3.63, 3.8) is 0 Å². The maximum atomic E-state index is 10.4. The minimum Gasteiger partial charge on any atom is -0.490 e. The molecule has 1 aliphatic rings. The summed E-state index contributed by atoms with van der Waals surface area (Å²) in [7, 11) is 0. The average molecular weight is 406 g/mol. The van der Waals surface area contributed by atoms with Gasteiger partial charge in [-0.2, -0.15) is 0 Å². The molecule has 0 aromatic heterocycles. The van der Waals surface area contributed by atoms with Gasteiger partial charge in [-0.05, 0) is 50.4 Å². The number of piperidine rings is 1. The first kappa shape index (κ1) is 24.0. The van der Waals surface area contributed by atoms with Crippen molar-refractivity contribution < 1.29 is 14.6 Å². The van der Waals surface area contributed by atoms with Gasteiger partial charge in [-0.1, -0.05) is 58.4 Å². The van der Waals surface area contributed by atoms with Gasteiger partial charge in [0.05, 0.1) is 19.3 Å². The number of rotatable bonds is 14. The third-order valence-corrected chi connectivity index (χ3v) is 6.04. The zero-order valence-electron chi connectivity index (χ0n) is 19.0. The van der Waals surface area contributed by atoms with Crippen molar-refractivity contribution in [2.24, 2.45) is 5.92 Å². The Morgan fingerprint density at radius 1 is 0.966 bits per heavy atom. The molecular weight excluding hydrogens is 362 g/mol. The number of ether oxygens (including phenoxy) is 2. The lowest BCUT2D eigenvalue weighted by Gasteiger charge is -2.35. The van der Waals surface area contributed by atoms with Gasteiger partial charge in [0.2, 0.25) is 0 Å². The summed E-state index contributed by atoms with van der Waals surface area (Å²) in [6, 6.07) is 6.30. The standard InChI is InChI=1S/C25H43NO3/c1-4-7-8-9-10-11-12-17-29-24-14-13-21(19-25(24)28-6-3)18-22-20-26(5-2)16-15-23(22)27/h13-14,19,22-23,27H,4-12,15-18,20H2,1-3H3. The summed E-state index contributed by atoms with van der Waals surface area (Å²) in [5.41, 5.74) is 1.22. The molecule has 2 unspecified atom stereocenters. The van der Waals surface area contributed by atoms with Crippen LogP contribution < -0.4 is 9.47 Å². The Morgan fingerprint density at radius 2 is 1.72 bits per heavy atom. The fraction of sp³-hybridized carbons (Fsp3) is 0.760. The van der Waals surface area contributed by atoms with E-state index < -0.39 is 0 Å². The molecule has 2 atom stereocenters. The molecule has 29 heavy (non-hydrogen) atoms. The third kappa shape index (κ3) is 8.55. The van der Waals surface area contributed by atoms with Gasteiger partial charge < -0.3 is 19.5 Å². The maximum Gasteiger partial charge on any atom is 0.161 e. The lowest BCUT2D eigenvalue weighted by Crippen LogP contribution is -2.43. The predicted molar refractivity (Wildman–Crippen MR) is 121 cm³/mol. The Hall–Kier alpha value is -1.26. The molecule has 1 aromatic rings. The molecule has 1 fully saturated rings. The van der Waals surface area contributed by atoms with Crippen LogP contribution >= 0.6 is 0 Å². The second kappa shape index (κ2) is 13.9. The molecule has 0 spiro atoms. The zero-order valence-corrected chi connectivity index (χ0v) is 19.0. The molecule has 1 heterocycles. The van der Waals surface area contributed by atoms with Gasteiger partial charge in [0.15, 0.2) is 11.5 Å². The lowest BCUT2D eigenvalue weighted by atomic mass is 9.88. The lowest BCUT2D eigenvalue weighted by molar-refractivity contribution is 0.0290. The van der Waals surface area contributed by atoms with Crippen LogP contribution in [0.25, 0.3) is 0 Å². The van der Waals surface area contributed by atoms with Crippen molar-refractivity contribution in [1.82, 2.24) is 4.90 Å². The van der Waals surface area contributed by atoms with Crippen molar-refractivity contribution in [3.8, 4) is 11.5 Å². The molecule has 1 aromatic carbocycles. The molecule has 0 bridgehead atoms.